The van der Waals surface area contributed by atoms with Gasteiger partial charge in [-0.15, -0.1) is 0 Å². The van der Waals surface area contributed by atoms with E-state index in [-0.39, 0.29) is 11.6 Å². The second-order valence-electron chi connectivity index (χ2n) is 8.27. The maximum Gasteiger partial charge on any atom is 0.262 e. The number of thioether (sulfide) groups is 1. The lowest BCUT2D eigenvalue weighted by Gasteiger charge is -2.36. The summed E-state index contributed by atoms with van der Waals surface area (Å²) < 4.78 is 1.94. The molecule has 0 radical (unpaired) electrons. The van der Waals surface area contributed by atoms with Crippen LogP contribution in [0.25, 0.3) is 10.9 Å². The fourth-order valence-corrected chi connectivity index (χ4v) is 5.40. The van der Waals surface area contributed by atoms with Crippen LogP contribution in [0.2, 0.25) is 0 Å². The number of primary amides is 1. The number of amides is 1. The number of fused-ring (bicyclic) bond motifs is 1. The molecule has 1 heterocycles. The van der Waals surface area contributed by atoms with Crippen molar-refractivity contribution < 1.29 is 4.79 Å². The van der Waals surface area contributed by atoms with Crippen LogP contribution in [-0.4, -0.2) is 15.5 Å². The molecule has 1 aliphatic carbocycles. The zero-order chi connectivity index (χ0) is 21.3. The standard InChI is InChI=1S/C24H27N3O2S/c1-15-7-5-12-21(16(15)2)27-23(29)19-10-3-4-11-20(19)26-24(27)30-14-17-8-6-9-18(13-17)22(25)28/h3-4,6,8-11,13,15-16,21H,5,7,12,14H2,1-2H3,(H2,25,28)/t15-,16+,21+/m1/s1. The molecule has 1 fully saturated rings. The number of rotatable bonds is 5. The molecule has 1 saturated carbocycles. The van der Waals surface area contributed by atoms with Gasteiger partial charge in [-0.05, 0) is 48.1 Å². The number of nitrogens with zero attached hydrogens (tertiary/aromatic N) is 2. The van der Waals surface area contributed by atoms with E-state index in [2.05, 4.69) is 13.8 Å². The van der Waals surface area contributed by atoms with Crippen LogP contribution >= 0.6 is 11.8 Å². The van der Waals surface area contributed by atoms with Crippen LogP contribution < -0.4 is 11.3 Å². The normalized spacial score (nSPS) is 21.6. The Bertz CT molecular complexity index is 1140. The van der Waals surface area contributed by atoms with Crippen LogP contribution in [0.3, 0.4) is 0 Å². The molecule has 30 heavy (non-hydrogen) atoms. The number of aromatic nitrogens is 2. The molecule has 0 unspecified atom stereocenters. The third-order valence-corrected chi connectivity index (χ3v) is 7.37. The Balaban J connectivity index is 1.75. The average Bonchev–Trinajstić information content (AvgIpc) is 2.75. The van der Waals surface area contributed by atoms with Crippen molar-refractivity contribution >= 4 is 28.6 Å². The monoisotopic (exact) mass is 421 g/mol. The first kappa shape index (κ1) is 20.7. The van der Waals surface area contributed by atoms with Gasteiger partial charge in [0.05, 0.1) is 10.9 Å². The Kier molecular flexibility index (Phi) is 5.95. The van der Waals surface area contributed by atoms with E-state index < -0.39 is 5.91 Å². The molecule has 3 aromatic rings. The molecule has 0 aliphatic heterocycles. The Morgan fingerprint density at radius 3 is 2.77 bits per heavy atom. The van der Waals surface area contributed by atoms with Crippen molar-refractivity contribution in [2.24, 2.45) is 17.6 Å². The molecule has 1 aromatic heterocycles. The summed E-state index contributed by atoms with van der Waals surface area (Å²) in [5.41, 5.74) is 7.66. The molecule has 1 amide bonds. The first-order chi connectivity index (χ1) is 14.5. The molecule has 1 aliphatic rings. The van der Waals surface area contributed by atoms with Gasteiger partial charge in [-0.3, -0.25) is 14.2 Å². The van der Waals surface area contributed by atoms with Crippen molar-refractivity contribution in [3.8, 4) is 0 Å². The third-order valence-electron chi connectivity index (χ3n) is 6.35. The smallest absolute Gasteiger partial charge is 0.262 e. The van der Waals surface area contributed by atoms with Gasteiger partial charge in [0.1, 0.15) is 0 Å². The highest BCUT2D eigenvalue weighted by atomic mass is 32.2. The maximum absolute atomic E-state index is 13.5. The van der Waals surface area contributed by atoms with Crippen molar-refractivity contribution in [2.75, 3.05) is 0 Å². The van der Waals surface area contributed by atoms with Gasteiger partial charge in [-0.25, -0.2) is 4.98 Å². The highest BCUT2D eigenvalue weighted by Gasteiger charge is 2.31. The average molecular weight is 422 g/mol. The quantitative estimate of drug-likeness (QED) is 0.475. The molecule has 0 bridgehead atoms. The highest BCUT2D eigenvalue weighted by Crippen LogP contribution is 2.39. The lowest BCUT2D eigenvalue weighted by molar-refractivity contribution is 0.1000. The van der Waals surface area contributed by atoms with Gasteiger partial charge in [0.2, 0.25) is 5.91 Å². The van der Waals surface area contributed by atoms with Crippen molar-refractivity contribution in [2.45, 2.75) is 50.1 Å². The van der Waals surface area contributed by atoms with Gasteiger partial charge in [-0.1, -0.05) is 62.7 Å². The lowest BCUT2D eigenvalue weighted by Crippen LogP contribution is -2.35. The minimum Gasteiger partial charge on any atom is -0.366 e. The summed E-state index contributed by atoms with van der Waals surface area (Å²) in [6, 6.07) is 15.0. The number of para-hydroxylation sites is 1. The van der Waals surface area contributed by atoms with Gasteiger partial charge < -0.3 is 5.73 Å². The predicted molar refractivity (Wildman–Crippen MR) is 122 cm³/mol. The molecule has 2 N–H and O–H groups in total. The van der Waals surface area contributed by atoms with Gasteiger partial charge in [0.15, 0.2) is 5.16 Å². The Hall–Kier alpha value is -2.60. The second kappa shape index (κ2) is 8.64. The maximum atomic E-state index is 13.5. The first-order valence-corrected chi connectivity index (χ1v) is 11.5. The van der Waals surface area contributed by atoms with Crippen molar-refractivity contribution in [1.29, 1.82) is 0 Å². The van der Waals surface area contributed by atoms with E-state index in [9.17, 15) is 9.59 Å². The van der Waals surface area contributed by atoms with Crippen LogP contribution in [0.15, 0.2) is 58.5 Å². The van der Waals surface area contributed by atoms with Crippen LogP contribution in [-0.2, 0) is 5.75 Å². The number of carbonyl (C=O) groups is 1. The summed E-state index contributed by atoms with van der Waals surface area (Å²) >= 11 is 1.55. The molecule has 4 rings (SSSR count). The lowest BCUT2D eigenvalue weighted by atomic mass is 9.78. The van der Waals surface area contributed by atoms with E-state index in [1.807, 2.05) is 47.0 Å². The number of nitrogens with two attached hydrogens (primary N) is 1. The molecule has 0 saturated heterocycles. The van der Waals surface area contributed by atoms with Crippen LogP contribution in [0, 0.1) is 11.8 Å². The fraction of sp³-hybridized carbons (Fsp3) is 0.375. The van der Waals surface area contributed by atoms with Crippen molar-refractivity contribution in [3.05, 3.63) is 70.0 Å². The summed E-state index contributed by atoms with van der Waals surface area (Å²) in [5.74, 6) is 1.17. The SMILES string of the molecule is C[C@H]1[C@H](C)CCC[C@@H]1n1c(SCc2cccc(C(N)=O)c2)nc2ccccc2c1=O. The molecule has 0 spiro atoms. The van der Waals surface area contributed by atoms with E-state index >= 15 is 0 Å². The number of carbonyl (C=O) groups excluding carboxylic acids is 1. The molecule has 2 aromatic carbocycles. The zero-order valence-electron chi connectivity index (χ0n) is 17.4. The van der Waals surface area contributed by atoms with E-state index in [0.717, 1.165) is 29.1 Å². The van der Waals surface area contributed by atoms with Crippen molar-refractivity contribution in [3.63, 3.8) is 0 Å². The molecule has 6 heteroatoms. The van der Waals surface area contributed by atoms with Crippen molar-refractivity contribution in [1.82, 2.24) is 9.55 Å². The molecule has 5 nitrogen and oxygen atoms in total. The molecular weight excluding hydrogens is 394 g/mol. The van der Waals surface area contributed by atoms with E-state index in [1.165, 1.54) is 6.42 Å². The Morgan fingerprint density at radius 1 is 1.17 bits per heavy atom. The number of hydrogen-bond donors (Lipinski definition) is 1. The molecule has 3 atom stereocenters. The zero-order valence-corrected chi connectivity index (χ0v) is 18.2. The topological polar surface area (TPSA) is 78.0 Å². The highest BCUT2D eigenvalue weighted by molar-refractivity contribution is 7.98. The summed E-state index contributed by atoms with van der Waals surface area (Å²) in [6.45, 7) is 4.53. The number of hydrogen-bond acceptors (Lipinski definition) is 4. The largest absolute Gasteiger partial charge is 0.366 e. The van der Waals surface area contributed by atoms with Crippen LogP contribution in [0.5, 0.6) is 0 Å². The van der Waals surface area contributed by atoms with Gasteiger partial charge in [0, 0.05) is 17.4 Å². The van der Waals surface area contributed by atoms with Gasteiger partial charge >= 0.3 is 0 Å². The number of benzene rings is 2. The van der Waals surface area contributed by atoms with E-state index in [0.29, 0.717) is 28.5 Å². The Labute approximate surface area is 180 Å². The van der Waals surface area contributed by atoms with Crippen LogP contribution in [0.1, 0.15) is 55.1 Å². The summed E-state index contributed by atoms with van der Waals surface area (Å²) in [6.07, 6.45) is 3.33. The van der Waals surface area contributed by atoms with E-state index in [4.69, 9.17) is 10.7 Å². The third kappa shape index (κ3) is 4.01. The van der Waals surface area contributed by atoms with Gasteiger partial charge in [0.25, 0.3) is 5.56 Å². The van der Waals surface area contributed by atoms with Gasteiger partial charge in [-0.2, -0.15) is 0 Å². The molecule has 156 valence electrons. The second-order valence-corrected chi connectivity index (χ2v) is 9.22. The predicted octanol–water partition coefficient (Wildman–Crippen LogP) is 4.78. The first-order valence-electron chi connectivity index (χ1n) is 10.5. The summed E-state index contributed by atoms with van der Waals surface area (Å²) in [5, 5.41) is 1.41. The minimum atomic E-state index is -0.437. The summed E-state index contributed by atoms with van der Waals surface area (Å²) in [7, 11) is 0. The van der Waals surface area contributed by atoms with E-state index in [1.54, 1.807) is 17.8 Å². The molecular formula is C24H27N3O2S. The Morgan fingerprint density at radius 2 is 1.97 bits per heavy atom. The van der Waals surface area contributed by atoms with Crippen LogP contribution in [0.4, 0.5) is 0 Å². The summed E-state index contributed by atoms with van der Waals surface area (Å²) in [4.78, 5) is 29.9. The minimum absolute atomic E-state index is 0.0416. The fourth-order valence-electron chi connectivity index (χ4n) is 4.40.